The van der Waals surface area contributed by atoms with Crippen LogP contribution >= 0.6 is 0 Å². The van der Waals surface area contributed by atoms with E-state index >= 15 is 0 Å². The molecule has 2 rings (SSSR count). The van der Waals surface area contributed by atoms with Crippen molar-refractivity contribution in [3.8, 4) is 0 Å². The van der Waals surface area contributed by atoms with Crippen molar-refractivity contribution in [1.29, 1.82) is 0 Å². The van der Waals surface area contributed by atoms with Crippen LogP contribution in [0, 0.1) is 5.92 Å². The van der Waals surface area contributed by atoms with Crippen LogP contribution in [0.25, 0.3) is 0 Å². The zero-order valence-corrected chi connectivity index (χ0v) is 11.5. The molecule has 0 aliphatic carbocycles. The molecule has 1 aliphatic rings. The van der Waals surface area contributed by atoms with E-state index in [4.69, 9.17) is 4.74 Å². The molecule has 0 spiro atoms. The largest absolute Gasteiger partial charge is 0.381 e. The minimum atomic E-state index is 0.771. The molecule has 0 saturated carbocycles. The number of aromatic nitrogens is 3. The lowest BCUT2D eigenvalue weighted by Crippen LogP contribution is -2.32. The summed E-state index contributed by atoms with van der Waals surface area (Å²) in [5, 5.41) is 7.22. The molecule has 1 fully saturated rings. The van der Waals surface area contributed by atoms with Crippen LogP contribution in [0.3, 0.4) is 0 Å². The third-order valence-corrected chi connectivity index (χ3v) is 3.57. The zero-order chi connectivity index (χ0) is 12.8. The minimum absolute atomic E-state index is 0.771. The van der Waals surface area contributed by atoms with Crippen LogP contribution in [0.1, 0.15) is 38.3 Å². The average molecular weight is 252 g/mol. The molecule has 5 heteroatoms. The highest BCUT2D eigenvalue weighted by molar-refractivity contribution is 4.90. The van der Waals surface area contributed by atoms with Crippen LogP contribution in [0.4, 0.5) is 0 Å². The molecule has 1 aliphatic heterocycles. The third-order valence-electron chi connectivity index (χ3n) is 3.57. The molecule has 1 aromatic heterocycles. The van der Waals surface area contributed by atoms with E-state index in [-0.39, 0.29) is 0 Å². The van der Waals surface area contributed by atoms with Gasteiger partial charge in [0.05, 0.1) is 6.54 Å². The van der Waals surface area contributed by atoms with Crippen LogP contribution in [-0.2, 0) is 17.7 Å². The number of hydrogen-bond acceptors (Lipinski definition) is 4. The summed E-state index contributed by atoms with van der Waals surface area (Å²) < 4.78 is 5.40. The Morgan fingerprint density at radius 3 is 2.72 bits per heavy atom. The van der Waals surface area contributed by atoms with Gasteiger partial charge in [-0.15, -0.1) is 0 Å². The maximum Gasteiger partial charge on any atom is 0.150 e. The predicted molar refractivity (Wildman–Crippen MR) is 70.3 cm³/mol. The molecule has 1 aromatic rings. The number of nitrogens with zero attached hydrogens (tertiary/aromatic N) is 3. The van der Waals surface area contributed by atoms with E-state index in [0.29, 0.717) is 0 Å². The summed E-state index contributed by atoms with van der Waals surface area (Å²) in [6.45, 7) is 9.19. The Kier molecular flexibility index (Phi) is 5.13. The molecule has 1 saturated heterocycles. The van der Waals surface area contributed by atoms with Crippen molar-refractivity contribution < 1.29 is 4.74 Å². The number of aryl methyl sites for hydroxylation is 1. The zero-order valence-electron chi connectivity index (χ0n) is 11.5. The fraction of sp³-hybridized carbons (Fsp3) is 0.846. The number of ether oxygens (including phenoxy) is 1. The van der Waals surface area contributed by atoms with Crippen molar-refractivity contribution in [2.75, 3.05) is 26.3 Å². The molecular formula is C13H24N4O. The first-order valence-electron chi connectivity index (χ1n) is 7.02. The highest BCUT2D eigenvalue weighted by Gasteiger charge is 2.17. The first kappa shape index (κ1) is 13.5. The summed E-state index contributed by atoms with van der Waals surface area (Å²) in [5.41, 5.74) is 0. The van der Waals surface area contributed by atoms with E-state index in [1.807, 2.05) is 0 Å². The Bertz CT molecular complexity index is 347. The SMILES string of the molecule is CCc1n[nH]c(CN(CC)CC2CCOCC2)n1. The topological polar surface area (TPSA) is 54.0 Å². The van der Waals surface area contributed by atoms with Gasteiger partial charge in [-0.2, -0.15) is 5.10 Å². The van der Waals surface area contributed by atoms with Crippen molar-refractivity contribution in [2.45, 2.75) is 39.7 Å². The molecule has 5 nitrogen and oxygen atoms in total. The molecule has 0 aromatic carbocycles. The monoisotopic (exact) mass is 252 g/mol. The highest BCUT2D eigenvalue weighted by atomic mass is 16.5. The summed E-state index contributed by atoms with van der Waals surface area (Å²) in [6.07, 6.45) is 3.27. The lowest BCUT2D eigenvalue weighted by Gasteiger charge is -2.28. The molecule has 18 heavy (non-hydrogen) atoms. The van der Waals surface area contributed by atoms with Crippen molar-refractivity contribution in [2.24, 2.45) is 5.92 Å². The molecule has 0 amide bonds. The lowest BCUT2D eigenvalue weighted by atomic mass is 10.00. The van der Waals surface area contributed by atoms with Gasteiger partial charge in [0.1, 0.15) is 11.6 Å². The first-order chi connectivity index (χ1) is 8.81. The predicted octanol–water partition coefficient (Wildman–Crippen LogP) is 1.62. The summed E-state index contributed by atoms with van der Waals surface area (Å²) in [4.78, 5) is 6.92. The minimum Gasteiger partial charge on any atom is -0.381 e. The van der Waals surface area contributed by atoms with Crippen LogP contribution in [0.2, 0.25) is 0 Å². The van der Waals surface area contributed by atoms with E-state index in [1.54, 1.807) is 0 Å². The van der Waals surface area contributed by atoms with Crippen molar-refractivity contribution in [3.05, 3.63) is 11.6 Å². The van der Waals surface area contributed by atoms with Gasteiger partial charge in [-0.3, -0.25) is 10.00 Å². The second-order valence-corrected chi connectivity index (χ2v) is 4.94. The van der Waals surface area contributed by atoms with Crippen LogP contribution in [0.5, 0.6) is 0 Å². The average Bonchev–Trinajstić information content (AvgIpc) is 2.87. The highest BCUT2D eigenvalue weighted by Crippen LogP contribution is 2.16. The number of aromatic amines is 1. The van der Waals surface area contributed by atoms with E-state index in [0.717, 1.165) is 56.8 Å². The summed E-state index contributed by atoms with van der Waals surface area (Å²) in [6, 6.07) is 0. The van der Waals surface area contributed by atoms with Gasteiger partial charge < -0.3 is 4.74 Å². The fourth-order valence-electron chi connectivity index (χ4n) is 2.38. The van der Waals surface area contributed by atoms with Crippen molar-refractivity contribution in [1.82, 2.24) is 20.1 Å². The van der Waals surface area contributed by atoms with Crippen LogP contribution in [0.15, 0.2) is 0 Å². The van der Waals surface area contributed by atoms with Crippen molar-refractivity contribution in [3.63, 3.8) is 0 Å². The van der Waals surface area contributed by atoms with Crippen molar-refractivity contribution >= 4 is 0 Å². The van der Waals surface area contributed by atoms with Gasteiger partial charge in [-0.1, -0.05) is 13.8 Å². The normalized spacial score (nSPS) is 17.5. The Labute approximate surface area is 109 Å². The van der Waals surface area contributed by atoms with Gasteiger partial charge in [-0.05, 0) is 25.3 Å². The lowest BCUT2D eigenvalue weighted by molar-refractivity contribution is 0.0518. The molecule has 0 radical (unpaired) electrons. The van der Waals surface area contributed by atoms with Gasteiger partial charge in [0.15, 0.2) is 0 Å². The fourth-order valence-corrected chi connectivity index (χ4v) is 2.38. The Hall–Kier alpha value is -0.940. The molecule has 1 N–H and O–H groups in total. The third kappa shape index (κ3) is 3.78. The smallest absolute Gasteiger partial charge is 0.150 e. The van der Waals surface area contributed by atoms with Gasteiger partial charge >= 0.3 is 0 Å². The van der Waals surface area contributed by atoms with E-state index in [9.17, 15) is 0 Å². The van der Waals surface area contributed by atoms with E-state index in [2.05, 4.69) is 33.9 Å². The molecule has 0 atom stereocenters. The summed E-state index contributed by atoms with van der Waals surface area (Å²) in [7, 11) is 0. The maximum atomic E-state index is 5.40. The molecule has 0 bridgehead atoms. The van der Waals surface area contributed by atoms with Gasteiger partial charge in [-0.25, -0.2) is 4.98 Å². The molecule has 2 heterocycles. The van der Waals surface area contributed by atoms with Crippen LogP contribution in [-0.4, -0.2) is 46.4 Å². The Morgan fingerprint density at radius 2 is 2.11 bits per heavy atom. The second kappa shape index (κ2) is 6.85. The van der Waals surface area contributed by atoms with Crippen LogP contribution < -0.4 is 0 Å². The quantitative estimate of drug-likeness (QED) is 0.836. The van der Waals surface area contributed by atoms with E-state index < -0.39 is 0 Å². The number of rotatable bonds is 6. The molecular weight excluding hydrogens is 228 g/mol. The van der Waals surface area contributed by atoms with Gasteiger partial charge in [0.25, 0.3) is 0 Å². The standard InChI is InChI=1S/C13H24N4O/c1-3-12-14-13(16-15-12)10-17(4-2)9-11-5-7-18-8-6-11/h11H,3-10H2,1-2H3,(H,14,15,16). The Balaban J connectivity index is 1.84. The summed E-state index contributed by atoms with van der Waals surface area (Å²) >= 11 is 0. The molecule has 0 unspecified atom stereocenters. The number of H-pyrrole nitrogens is 1. The first-order valence-corrected chi connectivity index (χ1v) is 7.02. The van der Waals surface area contributed by atoms with E-state index in [1.165, 1.54) is 12.8 Å². The van der Waals surface area contributed by atoms with Gasteiger partial charge in [0, 0.05) is 26.2 Å². The number of nitrogens with one attached hydrogen (secondary N) is 1. The molecule has 102 valence electrons. The van der Waals surface area contributed by atoms with Gasteiger partial charge in [0.2, 0.25) is 0 Å². The Morgan fingerprint density at radius 1 is 1.33 bits per heavy atom. The maximum absolute atomic E-state index is 5.40. The summed E-state index contributed by atoms with van der Waals surface area (Å²) in [5.74, 6) is 2.67. The number of hydrogen-bond donors (Lipinski definition) is 1. The second-order valence-electron chi connectivity index (χ2n) is 4.94.